The van der Waals surface area contributed by atoms with Gasteiger partial charge in [0.15, 0.2) is 0 Å². The fraction of sp³-hybridized carbons (Fsp3) is 0.0952. The van der Waals surface area contributed by atoms with Crippen LogP contribution in [-0.4, -0.2) is 26.4 Å². The molecule has 4 rings (SSSR count). The first-order chi connectivity index (χ1) is 13.2. The van der Waals surface area contributed by atoms with E-state index in [9.17, 15) is 10.2 Å². The first-order valence-corrected chi connectivity index (χ1v) is 9.26. The summed E-state index contributed by atoms with van der Waals surface area (Å²) in [4.78, 5) is 13.2. The number of rotatable bonds is 4. The van der Waals surface area contributed by atoms with E-state index < -0.39 is 0 Å². The molecule has 0 aliphatic heterocycles. The molecule has 0 atom stereocenters. The Morgan fingerprint density at radius 3 is 2.81 bits per heavy atom. The molecule has 2 aromatic carbocycles. The van der Waals surface area contributed by atoms with Crippen LogP contribution in [0.2, 0.25) is 0 Å². The highest BCUT2D eigenvalue weighted by molar-refractivity contribution is 7.21. The highest BCUT2D eigenvalue weighted by Crippen LogP contribution is 2.32. The van der Waals surface area contributed by atoms with Gasteiger partial charge >= 0.3 is 0 Å². The number of aromatic nitrogens is 2. The number of aliphatic imine (C=N–C) groups is 1. The number of aliphatic hydroxyl groups is 1. The van der Waals surface area contributed by atoms with E-state index in [0.717, 1.165) is 26.5 Å². The van der Waals surface area contributed by atoms with Gasteiger partial charge < -0.3 is 10.2 Å². The third-order valence-corrected chi connectivity index (χ3v) is 5.34. The van der Waals surface area contributed by atoms with Crippen LogP contribution in [-0.2, 0) is 6.61 Å². The molecule has 2 aromatic heterocycles. The molecule has 0 aliphatic carbocycles. The van der Waals surface area contributed by atoms with Gasteiger partial charge in [0, 0.05) is 29.1 Å². The lowest BCUT2D eigenvalue weighted by molar-refractivity contribution is 0.280. The Kier molecular flexibility index (Phi) is 4.66. The van der Waals surface area contributed by atoms with Crippen molar-refractivity contribution in [2.75, 3.05) is 0 Å². The molecule has 0 amide bonds. The number of nitrogens with zero attached hydrogens (tertiary/aromatic N) is 3. The molecule has 5 nitrogen and oxygen atoms in total. The second kappa shape index (κ2) is 7.26. The molecular formula is C21H17N3O2S. The van der Waals surface area contributed by atoms with Gasteiger partial charge in [-0.25, -0.2) is 4.98 Å². The van der Waals surface area contributed by atoms with Crippen LogP contribution in [0.1, 0.15) is 16.8 Å². The zero-order chi connectivity index (χ0) is 18.8. The van der Waals surface area contributed by atoms with Crippen LogP contribution in [0.25, 0.3) is 20.8 Å². The molecule has 2 N–H and O–H groups in total. The van der Waals surface area contributed by atoms with Crippen molar-refractivity contribution in [2.24, 2.45) is 4.99 Å². The molecule has 27 heavy (non-hydrogen) atoms. The normalized spacial score (nSPS) is 11.5. The molecular weight excluding hydrogens is 358 g/mol. The van der Waals surface area contributed by atoms with Crippen LogP contribution in [0.4, 0.5) is 5.69 Å². The molecule has 0 bridgehead atoms. The van der Waals surface area contributed by atoms with Crippen molar-refractivity contribution >= 4 is 33.5 Å². The van der Waals surface area contributed by atoms with Crippen molar-refractivity contribution in [3.8, 4) is 16.3 Å². The minimum atomic E-state index is -0.214. The van der Waals surface area contributed by atoms with Crippen LogP contribution in [0, 0.1) is 6.92 Å². The topological polar surface area (TPSA) is 78.6 Å². The molecule has 0 aliphatic rings. The van der Waals surface area contributed by atoms with E-state index in [4.69, 9.17) is 0 Å². The molecule has 0 unspecified atom stereocenters. The molecule has 2 heterocycles. The molecule has 134 valence electrons. The van der Waals surface area contributed by atoms with Crippen LogP contribution in [0.5, 0.6) is 5.75 Å². The summed E-state index contributed by atoms with van der Waals surface area (Å²) in [6.45, 7) is 1.50. The Morgan fingerprint density at radius 1 is 1.15 bits per heavy atom. The predicted octanol–water partition coefficient (Wildman–Crippen LogP) is 4.62. The molecule has 0 saturated heterocycles. The highest BCUT2D eigenvalue weighted by Gasteiger charge is 2.10. The third-order valence-electron chi connectivity index (χ3n) is 4.26. The maximum atomic E-state index is 10.2. The van der Waals surface area contributed by atoms with Crippen molar-refractivity contribution in [1.29, 1.82) is 0 Å². The second-order valence-electron chi connectivity index (χ2n) is 6.08. The number of fused-ring (bicyclic) bond motifs is 1. The zero-order valence-corrected chi connectivity index (χ0v) is 15.4. The Bertz CT molecular complexity index is 1120. The lowest BCUT2D eigenvalue weighted by Gasteiger charge is -2.07. The average molecular weight is 375 g/mol. The number of hydrogen-bond donors (Lipinski definition) is 2. The summed E-state index contributed by atoms with van der Waals surface area (Å²) in [5.74, 6) is 0.0348. The van der Waals surface area contributed by atoms with Crippen molar-refractivity contribution in [3.05, 3.63) is 71.5 Å². The summed E-state index contributed by atoms with van der Waals surface area (Å²) in [5.41, 5.74) is 4.22. The fourth-order valence-electron chi connectivity index (χ4n) is 2.78. The maximum absolute atomic E-state index is 10.2. The Morgan fingerprint density at radius 2 is 2.00 bits per heavy atom. The quantitative estimate of drug-likeness (QED) is 0.510. The van der Waals surface area contributed by atoms with E-state index in [1.54, 1.807) is 30.7 Å². The van der Waals surface area contributed by atoms with E-state index in [1.807, 2.05) is 42.5 Å². The summed E-state index contributed by atoms with van der Waals surface area (Å²) < 4.78 is 1.14. The number of aryl methyl sites for hydroxylation is 1. The Balaban J connectivity index is 1.69. The van der Waals surface area contributed by atoms with E-state index in [-0.39, 0.29) is 12.4 Å². The summed E-state index contributed by atoms with van der Waals surface area (Å²) in [7, 11) is 0. The number of aliphatic hydroxyl groups excluding tert-OH is 1. The fourth-order valence-corrected chi connectivity index (χ4v) is 3.74. The average Bonchev–Trinajstić information content (AvgIpc) is 3.13. The molecule has 0 radical (unpaired) electrons. The molecule has 6 heteroatoms. The molecule has 4 aromatic rings. The monoisotopic (exact) mass is 375 g/mol. The maximum Gasteiger partial charge on any atom is 0.145 e. The van der Waals surface area contributed by atoms with Gasteiger partial charge in [-0.05, 0) is 31.2 Å². The van der Waals surface area contributed by atoms with Gasteiger partial charge in [-0.2, -0.15) is 0 Å². The lowest BCUT2D eigenvalue weighted by atomic mass is 10.1. The van der Waals surface area contributed by atoms with Gasteiger partial charge in [0.1, 0.15) is 10.8 Å². The first-order valence-electron chi connectivity index (χ1n) is 8.44. The minimum Gasteiger partial charge on any atom is -0.505 e. The SMILES string of the molecule is Cc1ncc(CO)c(C=Nc2cccc(-c3nc4ccccc4s3)c2)c1O. The van der Waals surface area contributed by atoms with Gasteiger partial charge in [-0.1, -0.05) is 24.3 Å². The number of pyridine rings is 1. The third kappa shape index (κ3) is 3.45. The summed E-state index contributed by atoms with van der Waals surface area (Å²) in [6, 6.07) is 15.8. The van der Waals surface area contributed by atoms with E-state index in [0.29, 0.717) is 16.8 Å². The van der Waals surface area contributed by atoms with Gasteiger partial charge in [0.25, 0.3) is 0 Å². The predicted molar refractivity (Wildman–Crippen MR) is 109 cm³/mol. The van der Waals surface area contributed by atoms with E-state index in [2.05, 4.69) is 21.0 Å². The molecule has 0 fully saturated rings. The zero-order valence-electron chi connectivity index (χ0n) is 14.6. The smallest absolute Gasteiger partial charge is 0.145 e. The van der Waals surface area contributed by atoms with E-state index in [1.165, 1.54) is 0 Å². The highest BCUT2D eigenvalue weighted by atomic mass is 32.1. The van der Waals surface area contributed by atoms with Gasteiger partial charge in [-0.3, -0.25) is 9.98 Å². The van der Waals surface area contributed by atoms with Crippen molar-refractivity contribution in [1.82, 2.24) is 9.97 Å². The molecule has 0 saturated carbocycles. The first kappa shape index (κ1) is 17.3. The summed E-state index contributed by atoms with van der Waals surface area (Å²) in [5, 5.41) is 20.6. The summed E-state index contributed by atoms with van der Waals surface area (Å²) in [6.07, 6.45) is 3.11. The van der Waals surface area contributed by atoms with Crippen molar-refractivity contribution in [3.63, 3.8) is 0 Å². The number of thiazole rings is 1. The summed E-state index contributed by atoms with van der Waals surface area (Å²) >= 11 is 1.64. The standard InChI is InChI=1S/C21H17N3O2S/c1-13-20(26)17(15(12-25)10-22-13)11-23-16-6-4-5-14(9-16)21-24-18-7-2-3-8-19(18)27-21/h2-11,25-26H,12H2,1H3. The lowest BCUT2D eigenvalue weighted by Crippen LogP contribution is -1.97. The van der Waals surface area contributed by atoms with Gasteiger partial charge in [0.05, 0.1) is 28.2 Å². The van der Waals surface area contributed by atoms with E-state index >= 15 is 0 Å². The van der Waals surface area contributed by atoms with Crippen LogP contribution >= 0.6 is 11.3 Å². The largest absolute Gasteiger partial charge is 0.505 e. The van der Waals surface area contributed by atoms with Gasteiger partial charge in [-0.15, -0.1) is 11.3 Å². The van der Waals surface area contributed by atoms with Crippen molar-refractivity contribution in [2.45, 2.75) is 13.5 Å². The minimum absolute atomic E-state index is 0.0348. The molecule has 0 spiro atoms. The van der Waals surface area contributed by atoms with Crippen LogP contribution < -0.4 is 0 Å². The number of benzene rings is 2. The Labute approximate surface area is 160 Å². The van der Waals surface area contributed by atoms with Crippen LogP contribution in [0.3, 0.4) is 0 Å². The number of aromatic hydroxyl groups is 1. The Hall–Kier alpha value is -3.09. The van der Waals surface area contributed by atoms with Crippen LogP contribution in [0.15, 0.2) is 59.7 Å². The number of hydrogen-bond acceptors (Lipinski definition) is 6. The van der Waals surface area contributed by atoms with Crippen molar-refractivity contribution < 1.29 is 10.2 Å². The van der Waals surface area contributed by atoms with Gasteiger partial charge in [0.2, 0.25) is 0 Å². The second-order valence-corrected chi connectivity index (χ2v) is 7.12. The number of para-hydroxylation sites is 1.